The van der Waals surface area contributed by atoms with Crippen molar-refractivity contribution < 1.29 is 14.7 Å². The largest absolute Gasteiger partial charge is 0.477 e. The maximum Gasteiger partial charge on any atom is 0.354 e. The van der Waals surface area contributed by atoms with Crippen molar-refractivity contribution in [3.8, 4) is 0 Å². The van der Waals surface area contributed by atoms with Gasteiger partial charge in [-0.05, 0) is 24.5 Å². The number of hydrogen-bond acceptors (Lipinski definition) is 5. The summed E-state index contributed by atoms with van der Waals surface area (Å²) in [5, 5.41) is 15.7. The minimum absolute atomic E-state index is 0.0457. The van der Waals surface area contributed by atoms with Crippen LogP contribution in [-0.4, -0.2) is 31.6 Å². The molecule has 7 nitrogen and oxygen atoms in total. The lowest BCUT2D eigenvalue weighted by Crippen LogP contribution is -2.20. The van der Waals surface area contributed by atoms with Crippen molar-refractivity contribution in [3.63, 3.8) is 0 Å². The molecule has 0 bridgehead atoms. The number of H-pyrrole nitrogens is 1. The molecule has 1 amide bonds. The first kappa shape index (κ1) is 15.2. The highest BCUT2D eigenvalue weighted by Gasteiger charge is 2.27. The smallest absolute Gasteiger partial charge is 0.354 e. The van der Waals surface area contributed by atoms with E-state index >= 15 is 0 Å². The Labute approximate surface area is 125 Å². The number of carboxylic acid groups (broad SMARTS) is 1. The lowest BCUT2D eigenvalue weighted by molar-refractivity contribution is 0.0692. The van der Waals surface area contributed by atoms with Crippen LogP contribution >= 0.6 is 11.5 Å². The molecular formula is C13H16N4O3S. The molecule has 0 fully saturated rings. The Morgan fingerprint density at radius 1 is 1.38 bits per heavy atom. The third-order valence-corrected chi connectivity index (χ3v) is 3.54. The van der Waals surface area contributed by atoms with Crippen LogP contribution in [0.25, 0.3) is 0 Å². The number of aromatic nitrogens is 3. The van der Waals surface area contributed by atoms with E-state index in [-0.39, 0.29) is 16.8 Å². The van der Waals surface area contributed by atoms with E-state index in [4.69, 9.17) is 5.11 Å². The van der Waals surface area contributed by atoms with Crippen LogP contribution < -0.4 is 5.32 Å². The number of carbonyl (C=O) groups excluding carboxylic acids is 1. The van der Waals surface area contributed by atoms with Crippen molar-refractivity contribution in [1.29, 1.82) is 0 Å². The molecule has 0 radical (unpaired) electrons. The van der Waals surface area contributed by atoms with Gasteiger partial charge >= 0.3 is 5.97 Å². The highest BCUT2D eigenvalue weighted by molar-refractivity contribution is 7.08. The van der Waals surface area contributed by atoms with Crippen molar-refractivity contribution >= 4 is 29.1 Å². The molecule has 0 atom stereocenters. The second-order valence-electron chi connectivity index (χ2n) is 5.70. The predicted molar refractivity (Wildman–Crippen MR) is 79.1 cm³/mol. The highest BCUT2D eigenvalue weighted by atomic mass is 32.1. The Morgan fingerprint density at radius 3 is 2.62 bits per heavy atom. The molecule has 8 heteroatoms. The van der Waals surface area contributed by atoms with E-state index in [9.17, 15) is 9.59 Å². The van der Waals surface area contributed by atoms with E-state index < -0.39 is 11.9 Å². The van der Waals surface area contributed by atoms with Gasteiger partial charge in [0.15, 0.2) is 0 Å². The summed E-state index contributed by atoms with van der Waals surface area (Å²) in [7, 11) is 0. The van der Waals surface area contributed by atoms with Crippen LogP contribution in [0, 0.1) is 6.92 Å². The van der Waals surface area contributed by atoms with Gasteiger partial charge in [0.05, 0.1) is 11.4 Å². The zero-order valence-electron chi connectivity index (χ0n) is 12.1. The van der Waals surface area contributed by atoms with E-state index in [1.54, 1.807) is 13.0 Å². The monoisotopic (exact) mass is 308 g/mol. The van der Waals surface area contributed by atoms with Crippen LogP contribution in [0.3, 0.4) is 0 Å². The maximum absolute atomic E-state index is 12.3. The molecule has 112 valence electrons. The third-order valence-electron chi connectivity index (χ3n) is 2.82. The number of nitrogens with zero attached hydrogens (tertiary/aromatic N) is 2. The number of nitrogens with one attached hydrogen (secondary N) is 2. The second-order valence-corrected chi connectivity index (χ2v) is 6.46. The van der Waals surface area contributed by atoms with Crippen LogP contribution in [0.1, 0.15) is 52.3 Å². The molecule has 2 heterocycles. The van der Waals surface area contributed by atoms with E-state index in [1.165, 1.54) is 0 Å². The first-order valence-corrected chi connectivity index (χ1v) is 7.04. The van der Waals surface area contributed by atoms with Crippen LogP contribution in [0.5, 0.6) is 0 Å². The van der Waals surface area contributed by atoms with Crippen LogP contribution in [0.2, 0.25) is 0 Å². The number of aromatic amines is 1. The molecule has 0 saturated carbocycles. The third kappa shape index (κ3) is 3.10. The number of rotatable bonds is 3. The number of aryl methyl sites for hydroxylation is 1. The zero-order valence-corrected chi connectivity index (χ0v) is 13.0. The molecule has 3 N–H and O–H groups in total. The van der Waals surface area contributed by atoms with Gasteiger partial charge in [0.25, 0.3) is 5.91 Å². The van der Waals surface area contributed by atoms with Crippen molar-refractivity contribution in [1.82, 2.24) is 14.6 Å². The van der Waals surface area contributed by atoms with Gasteiger partial charge in [-0.1, -0.05) is 25.3 Å². The fraction of sp³-hybridized carbons (Fsp3) is 0.385. The minimum atomic E-state index is -1.13. The Bertz CT molecular complexity index is 697. The van der Waals surface area contributed by atoms with Crippen molar-refractivity contribution in [2.24, 2.45) is 0 Å². The standard InChI is InChI=1S/C13H16N4O3S/c1-6-5-7(8(14-6)12(19)20)15-11(18)9-10(13(2,3)4)16-17-21-9/h5,14H,1-4H3,(H,15,18)(H,19,20). The van der Waals surface area contributed by atoms with Gasteiger partial charge in [-0.15, -0.1) is 5.10 Å². The van der Waals surface area contributed by atoms with Gasteiger partial charge in [0, 0.05) is 11.1 Å². The average molecular weight is 308 g/mol. The van der Waals surface area contributed by atoms with E-state index in [2.05, 4.69) is 19.9 Å². The van der Waals surface area contributed by atoms with Crippen molar-refractivity contribution in [2.75, 3.05) is 5.32 Å². The van der Waals surface area contributed by atoms with Crippen LogP contribution in [-0.2, 0) is 5.41 Å². The molecule has 2 aromatic heterocycles. The number of carbonyl (C=O) groups is 2. The van der Waals surface area contributed by atoms with Gasteiger partial charge in [0.1, 0.15) is 10.6 Å². The van der Waals surface area contributed by atoms with Crippen molar-refractivity contribution in [2.45, 2.75) is 33.1 Å². The molecule has 0 aliphatic heterocycles. The summed E-state index contributed by atoms with van der Waals surface area (Å²) in [5.74, 6) is -1.53. The Balaban J connectivity index is 2.32. The molecule has 21 heavy (non-hydrogen) atoms. The van der Waals surface area contributed by atoms with Crippen molar-refractivity contribution in [3.05, 3.63) is 28.0 Å². The quantitative estimate of drug-likeness (QED) is 0.807. The molecule has 0 unspecified atom stereocenters. The van der Waals surface area contributed by atoms with Crippen LogP contribution in [0.4, 0.5) is 5.69 Å². The highest BCUT2D eigenvalue weighted by Crippen LogP contribution is 2.27. The summed E-state index contributed by atoms with van der Waals surface area (Å²) in [6.45, 7) is 7.52. The SMILES string of the molecule is Cc1cc(NC(=O)c2snnc2C(C)(C)C)c(C(=O)O)[nH]1. The number of hydrogen-bond donors (Lipinski definition) is 3. The van der Waals surface area contributed by atoms with Gasteiger partial charge < -0.3 is 15.4 Å². The molecular weight excluding hydrogens is 292 g/mol. The van der Waals surface area contributed by atoms with Gasteiger partial charge in [-0.25, -0.2) is 4.79 Å². The zero-order chi connectivity index (χ0) is 15.8. The van der Waals surface area contributed by atoms with Crippen LogP contribution in [0.15, 0.2) is 6.07 Å². The minimum Gasteiger partial charge on any atom is -0.477 e. The Morgan fingerprint density at radius 2 is 2.05 bits per heavy atom. The van der Waals surface area contributed by atoms with Gasteiger partial charge in [-0.2, -0.15) is 0 Å². The fourth-order valence-corrected chi connectivity index (χ4v) is 2.64. The Kier molecular flexibility index (Phi) is 3.82. The molecule has 2 rings (SSSR count). The first-order chi connectivity index (χ1) is 9.70. The number of aromatic carboxylic acids is 1. The number of amides is 1. The van der Waals surface area contributed by atoms with E-state index in [1.807, 2.05) is 20.8 Å². The van der Waals surface area contributed by atoms with Gasteiger partial charge in [-0.3, -0.25) is 4.79 Å². The predicted octanol–water partition coefficient (Wildman–Crippen LogP) is 2.42. The summed E-state index contributed by atoms with van der Waals surface area (Å²) < 4.78 is 3.82. The second kappa shape index (κ2) is 5.28. The normalized spacial score (nSPS) is 11.4. The summed E-state index contributed by atoms with van der Waals surface area (Å²) >= 11 is 0.994. The topological polar surface area (TPSA) is 108 Å². The molecule has 0 aromatic carbocycles. The summed E-state index contributed by atoms with van der Waals surface area (Å²) in [6.07, 6.45) is 0. The van der Waals surface area contributed by atoms with Gasteiger partial charge in [0.2, 0.25) is 0 Å². The lowest BCUT2D eigenvalue weighted by atomic mass is 9.91. The molecule has 2 aromatic rings. The molecule has 0 spiro atoms. The summed E-state index contributed by atoms with van der Waals surface area (Å²) in [5.41, 5.74) is 1.12. The average Bonchev–Trinajstić information content (AvgIpc) is 2.94. The first-order valence-electron chi connectivity index (χ1n) is 6.27. The maximum atomic E-state index is 12.3. The summed E-state index contributed by atoms with van der Waals surface area (Å²) in [4.78, 5) is 26.5. The molecule has 0 aliphatic rings. The summed E-state index contributed by atoms with van der Waals surface area (Å²) in [6, 6.07) is 1.58. The van der Waals surface area contributed by atoms with E-state index in [0.29, 0.717) is 16.3 Å². The molecule has 0 saturated heterocycles. The lowest BCUT2D eigenvalue weighted by Gasteiger charge is -2.16. The van der Waals surface area contributed by atoms with E-state index in [0.717, 1.165) is 11.5 Å². The Hall–Kier alpha value is -2.22. The fourth-order valence-electron chi connectivity index (χ4n) is 1.87. The molecule has 0 aliphatic carbocycles. The number of carboxylic acids is 1. The number of anilines is 1.